The van der Waals surface area contributed by atoms with Crippen molar-refractivity contribution in [2.75, 3.05) is 19.6 Å². The van der Waals surface area contributed by atoms with Crippen LogP contribution in [0, 0.1) is 11.8 Å². The molecule has 16 heteroatoms. The first-order chi connectivity index (χ1) is 18.6. The number of thioether (sulfide) groups is 1. The average Bonchev–Trinajstić information content (AvgIpc) is 3.61. The van der Waals surface area contributed by atoms with Gasteiger partial charge in [0.15, 0.2) is 0 Å². The fraction of sp³-hybridized carbons (Fsp3) is 0.696. The van der Waals surface area contributed by atoms with Crippen molar-refractivity contribution >= 4 is 35.5 Å². The Morgan fingerprint density at radius 3 is 2.79 bits per heavy atom. The van der Waals surface area contributed by atoms with Gasteiger partial charge in [-0.3, -0.25) is 14.4 Å². The van der Waals surface area contributed by atoms with Gasteiger partial charge in [0.1, 0.15) is 18.6 Å². The summed E-state index contributed by atoms with van der Waals surface area (Å²) in [6, 6.07) is -1.68. The predicted octanol–water partition coefficient (Wildman–Crippen LogP) is -2.67. The van der Waals surface area contributed by atoms with Gasteiger partial charge in [-0.2, -0.15) is 0 Å². The summed E-state index contributed by atoms with van der Waals surface area (Å²) in [5.74, 6) is -2.79. The lowest BCUT2D eigenvalue weighted by Gasteiger charge is -2.47. The first-order valence-electron chi connectivity index (χ1n) is 13.0. The molecule has 8 atom stereocenters. The smallest absolute Gasteiger partial charge is 0.353 e. The van der Waals surface area contributed by atoms with E-state index in [4.69, 9.17) is 5.73 Å². The summed E-state index contributed by atoms with van der Waals surface area (Å²) < 4.78 is 1.27. The van der Waals surface area contributed by atoms with Gasteiger partial charge in [-0.1, -0.05) is 6.92 Å². The Bertz CT molecular complexity index is 1180. The zero-order valence-corrected chi connectivity index (χ0v) is 22.5. The van der Waals surface area contributed by atoms with E-state index in [1.54, 1.807) is 11.8 Å². The number of nitrogens with one attached hydrogen (secondary N) is 2. The van der Waals surface area contributed by atoms with Crippen LogP contribution in [-0.2, 0) is 25.7 Å². The van der Waals surface area contributed by atoms with Crippen LogP contribution < -0.4 is 16.4 Å². The van der Waals surface area contributed by atoms with Crippen molar-refractivity contribution in [1.82, 2.24) is 40.6 Å². The van der Waals surface area contributed by atoms with E-state index in [1.807, 2.05) is 6.92 Å². The molecule has 0 aliphatic carbocycles. The molecule has 0 unspecified atom stereocenters. The molecule has 3 amide bonds. The lowest BCUT2D eigenvalue weighted by atomic mass is 9.78. The van der Waals surface area contributed by atoms with E-state index in [1.165, 1.54) is 27.7 Å². The van der Waals surface area contributed by atoms with Crippen LogP contribution in [0.1, 0.15) is 26.7 Å². The molecule has 5 rings (SSSR count). The van der Waals surface area contributed by atoms with Crippen LogP contribution in [0.5, 0.6) is 0 Å². The number of β-lactam (4-membered cyclic amide) rings is 1. The molecule has 4 aliphatic heterocycles. The summed E-state index contributed by atoms with van der Waals surface area (Å²) >= 11 is 1.40. The van der Waals surface area contributed by atoms with Gasteiger partial charge in [0.05, 0.1) is 24.1 Å². The van der Waals surface area contributed by atoms with E-state index >= 15 is 0 Å². The number of β-amino-alcohol motifs (C(OH)–C–C–N with tert-alkyl or cyclic N) is 1. The molecule has 0 saturated carbocycles. The minimum absolute atomic E-state index is 0.0196. The summed E-state index contributed by atoms with van der Waals surface area (Å²) in [5, 5.41) is 36.7. The maximum Gasteiger partial charge on any atom is 0.353 e. The second-order valence-corrected chi connectivity index (χ2v) is 12.0. The number of nitrogens with two attached hydrogens (primary N) is 1. The molecule has 1 aromatic rings. The van der Waals surface area contributed by atoms with Crippen LogP contribution in [-0.4, -0.2) is 119 Å². The summed E-state index contributed by atoms with van der Waals surface area (Å²) in [5.41, 5.74) is 5.84. The van der Waals surface area contributed by atoms with Crippen molar-refractivity contribution < 1.29 is 29.4 Å². The lowest BCUT2D eigenvalue weighted by Crippen LogP contribution is -2.66. The number of rotatable bonds is 8. The minimum Gasteiger partial charge on any atom is -0.477 e. The molecule has 15 nitrogen and oxygen atoms in total. The zero-order valence-electron chi connectivity index (χ0n) is 21.6. The normalized spacial score (nSPS) is 33.1. The second-order valence-electron chi connectivity index (χ2n) is 10.6. The maximum absolute atomic E-state index is 13.1. The van der Waals surface area contributed by atoms with Crippen LogP contribution >= 0.6 is 11.8 Å². The number of carbonyl (C=O) groups is 4. The van der Waals surface area contributed by atoms with Gasteiger partial charge in [-0.15, -0.1) is 16.9 Å². The number of nitrogens with zero attached hydrogens (tertiary/aromatic N) is 6. The number of hydrogen-bond acceptors (Lipinski definition) is 11. The molecule has 4 aliphatic rings. The number of carboxylic acids is 1. The Morgan fingerprint density at radius 2 is 2.13 bits per heavy atom. The first kappa shape index (κ1) is 27.5. The third-order valence-electron chi connectivity index (χ3n) is 8.04. The zero-order chi connectivity index (χ0) is 28.0. The van der Waals surface area contributed by atoms with Gasteiger partial charge < -0.3 is 36.4 Å². The average molecular weight is 564 g/mol. The number of tetrazole rings is 1. The second kappa shape index (κ2) is 10.8. The monoisotopic (exact) mass is 563 g/mol. The molecule has 6 N–H and O–H groups in total. The number of aliphatic hydroxyl groups is 1. The van der Waals surface area contributed by atoms with Gasteiger partial charge >= 0.3 is 5.97 Å². The van der Waals surface area contributed by atoms with Crippen LogP contribution in [0.15, 0.2) is 16.9 Å². The third-order valence-corrected chi connectivity index (χ3v) is 9.56. The number of piperidine rings is 1. The van der Waals surface area contributed by atoms with Crippen molar-refractivity contribution in [2.24, 2.45) is 17.6 Å². The molecule has 0 bridgehead atoms. The first-order valence-corrected chi connectivity index (χ1v) is 13.9. The number of hydrogen-bond donors (Lipinski definition) is 5. The Labute approximate surface area is 228 Å². The van der Waals surface area contributed by atoms with E-state index in [0.29, 0.717) is 30.8 Å². The van der Waals surface area contributed by atoms with Crippen molar-refractivity contribution in [3.8, 4) is 0 Å². The van der Waals surface area contributed by atoms with Crippen molar-refractivity contribution in [2.45, 2.75) is 68.8 Å². The Morgan fingerprint density at radius 1 is 1.36 bits per heavy atom. The van der Waals surface area contributed by atoms with Crippen molar-refractivity contribution in [3.05, 3.63) is 16.9 Å². The summed E-state index contributed by atoms with van der Waals surface area (Å²) in [7, 11) is 0. The highest BCUT2D eigenvalue weighted by molar-refractivity contribution is 8.03. The number of likely N-dealkylation sites (tertiary alicyclic amines) is 1. The molecule has 0 aromatic carbocycles. The van der Waals surface area contributed by atoms with Crippen molar-refractivity contribution in [3.63, 3.8) is 0 Å². The third kappa shape index (κ3) is 5.13. The molecule has 1 aromatic heterocycles. The minimum atomic E-state index is -1.17. The number of aliphatic hydroxyl groups excluding tert-OH is 1. The lowest BCUT2D eigenvalue weighted by molar-refractivity contribution is -0.158. The predicted molar refractivity (Wildman–Crippen MR) is 136 cm³/mol. The molecular weight excluding hydrogens is 530 g/mol. The number of amides is 3. The highest BCUT2D eigenvalue weighted by Gasteiger charge is 2.60. The van der Waals surface area contributed by atoms with Gasteiger partial charge in [-0.25, -0.2) is 9.48 Å². The van der Waals surface area contributed by atoms with Crippen molar-refractivity contribution in [1.29, 1.82) is 0 Å². The molecule has 212 valence electrons. The van der Waals surface area contributed by atoms with Crippen LogP contribution in [0.25, 0.3) is 0 Å². The van der Waals surface area contributed by atoms with Crippen LogP contribution in [0.3, 0.4) is 0 Å². The van der Waals surface area contributed by atoms with Gasteiger partial charge in [0.2, 0.25) is 17.7 Å². The fourth-order valence-electron chi connectivity index (χ4n) is 6.02. The van der Waals surface area contributed by atoms with Crippen LogP contribution in [0.4, 0.5) is 0 Å². The Balaban J connectivity index is 1.22. The maximum atomic E-state index is 13.1. The highest BCUT2D eigenvalue weighted by Crippen LogP contribution is 2.51. The molecule has 39 heavy (non-hydrogen) atoms. The highest BCUT2D eigenvalue weighted by atomic mass is 32.2. The number of aromatic nitrogens is 4. The molecular formula is C23H33N9O6S. The number of carboxylic acid groups (broad SMARTS) is 1. The summed E-state index contributed by atoms with van der Waals surface area (Å²) in [6.45, 7) is 4.73. The molecule has 3 fully saturated rings. The van der Waals surface area contributed by atoms with E-state index in [-0.39, 0.29) is 59.8 Å². The topological polar surface area (TPSA) is 209 Å². The van der Waals surface area contributed by atoms with E-state index in [2.05, 4.69) is 26.2 Å². The van der Waals surface area contributed by atoms with E-state index < -0.39 is 30.1 Å². The summed E-state index contributed by atoms with van der Waals surface area (Å²) in [4.78, 5) is 54.4. The van der Waals surface area contributed by atoms with Gasteiger partial charge in [-0.05, 0) is 30.2 Å². The number of fused-ring (bicyclic) bond motifs is 1. The van der Waals surface area contributed by atoms with E-state index in [9.17, 15) is 29.4 Å². The quantitative estimate of drug-likeness (QED) is 0.205. The number of carbonyl (C=O) groups excluding carboxylic acids is 3. The molecule has 5 heterocycles. The molecule has 0 radical (unpaired) electrons. The largest absolute Gasteiger partial charge is 0.477 e. The number of aliphatic carboxylic acids is 1. The van der Waals surface area contributed by atoms with Gasteiger partial charge in [0, 0.05) is 47.8 Å². The molecule has 3 saturated heterocycles. The Kier molecular flexibility index (Phi) is 7.63. The SMILES string of the molecule is C[C@@H](NC(=O)Cn1cnnn1)[C@H]1C(=O)N2C(C(=O)O)=C(S[C@@H]3CN[C@H](C(=O)N4CC[C@@H](N)[C@H](O)C4)C3)[C@H](C)[C@H]12. The molecule has 0 spiro atoms. The van der Waals surface area contributed by atoms with E-state index in [0.717, 1.165) is 0 Å². The standard InChI is InChI=1S/C23H33N9O6S/c1-10-18-17(11(2)27-16(34)8-31-9-26-28-29-31)22(36)32(18)19(23(37)38)20(10)39-12-5-14(25-6-12)21(35)30-4-3-13(24)15(33)7-30/h9-15,17-18,25,33H,3-8,24H2,1-2H3,(H,27,34)(H,37,38)/t10-,11-,12+,13-,14+,15-,17-,18-/m1/s1. The fourth-order valence-corrected chi connectivity index (χ4v) is 7.50. The van der Waals surface area contributed by atoms with Gasteiger partial charge in [0.25, 0.3) is 0 Å². The van der Waals surface area contributed by atoms with Crippen LogP contribution in [0.2, 0.25) is 0 Å². The summed E-state index contributed by atoms with van der Waals surface area (Å²) in [6.07, 6.45) is 1.59. The Hall–Kier alpha value is -3.08.